The minimum absolute atomic E-state index is 0.462. The first-order valence-corrected chi connectivity index (χ1v) is 15.8. The van der Waals surface area contributed by atoms with E-state index in [0.717, 1.165) is 11.8 Å². The highest BCUT2D eigenvalue weighted by Crippen LogP contribution is 2.55. The fourth-order valence-corrected chi connectivity index (χ4v) is 6.10. The van der Waals surface area contributed by atoms with Crippen molar-refractivity contribution in [3.63, 3.8) is 0 Å². The lowest BCUT2D eigenvalue weighted by Gasteiger charge is -2.25. The lowest BCUT2D eigenvalue weighted by Crippen LogP contribution is -2.19. The molecule has 0 radical (unpaired) electrons. The van der Waals surface area contributed by atoms with Gasteiger partial charge in [-0.2, -0.15) is 0 Å². The normalized spacial score (nSPS) is 19.2. The van der Waals surface area contributed by atoms with Crippen molar-refractivity contribution in [2.24, 2.45) is 23.0 Å². The summed E-state index contributed by atoms with van der Waals surface area (Å²) in [4.78, 5) is 0. The zero-order valence-corrected chi connectivity index (χ0v) is 23.8. The molecule has 1 aliphatic carbocycles. The first-order chi connectivity index (χ1) is 16.0. The Morgan fingerprint density at radius 3 is 1.55 bits per heavy atom. The van der Waals surface area contributed by atoms with Crippen molar-refractivity contribution in [1.82, 2.24) is 0 Å². The van der Waals surface area contributed by atoms with Gasteiger partial charge in [-0.15, -0.1) is 0 Å². The molecule has 0 amide bonds. The molecule has 2 N–H and O–H groups in total. The molecule has 0 bridgehead atoms. The van der Waals surface area contributed by atoms with Crippen LogP contribution in [0.3, 0.4) is 0 Å². The van der Waals surface area contributed by atoms with E-state index in [2.05, 4.69) is 27.7 Å². The third kappa shape index (κ3) is 17.1. The molecule has 1 nitrogen and oxygen atoms in total. The largest absolute Gasteiger partial charge is 0.328 e. The summed E-state index contributed by atoms with van der Waals surface area (Å²) in [5, 5.41) is 0. The molecular weight excluding hydrogens is 398 g/mol. The summed E-state index contributed by atoms with van der Waals surface area (Å²) in [6.07, 6.45) is 34.0. The van der Waals surface area contributed by atoms with Gasteiger partial charge in [0.05, 0.1) is 0 Å². The molecule has 1 heteroatoms. The standard InChI is InChI=1S/C32H65N/c1-5-7-9-11-13-17-21-25-30(33)26-22-18-14-15-19-23-27-32(3,4)31-28-29(31)24-20-16-12-10-8-6-2/h29-31H,5-28,33H2,1-4H3/t29-,30?,31+/m1/s1. The highest BCUT2D eigenvalue weighted by atomic mass is 14.6. The SMILES string of the molecule is CCCCCCCCCC(N)CCCCCCCCC(C)(C)[C@H]1C[C@H]1CCCCCCCC. The van der Waals surface area contributed by atoms with Gasteiger partial charge in [-0.25, -0.2) is 0 Å². The van der Waals surface area contributed by atoms with Gasteiger partial charge in [0, 0.05) is 6.04 Å². The highest BCUT2D eigenvalue weighted by Gasteiger charge is 2.46. The maximum Gasteiger partial charge on any atom is 0.00388 e. The molecule has 0 saturated heterocycles. The molecule has 0 aromatic heterocycles. The maximum absolute atomic E-state index is 6.35. The van der Waals surface area contributed by atoms with Crippen LogP contribution in [0.25, 0.3) is 0 Å². The number of hydrogen-bond donors (Lipinski definition) is 1. The van der Waals surface area contributed by atoms with E-state index in [1.54, 1.807) is 0 Å². The van der Waals surface area contributed by atoms with Crippen LogP contribution in [-0.4, -0.2) is 6.04 Å². The summed E-state index contributed by atoms with van der Waals surface area (Å²) < 4.78 is 0. The fourth-order valence-electron chi connectivity index (χ4n) is 6.10. The average Bonchev–Trinajstić information content (AvgIpc) is 3.58. The summed E-state index contributed by atoms with van der Waals surface area (Å²) in [5.41, 5.74) is 6.94. The summed E-state index contributed by atoms with van der Waals surface area (Å²) in [6, 6.07) is 0.462. The minimum atomic E-state index is 0.462. The third-order valence-corrected chi connectivity index (χ3v) is 8.68. The first-order valence-electron chi connectivity index (χ1n) is 15.8. The van der Waals surface area contributed by atoms with E-state index in [1.807, 2.05) is 0 Å². The fraction of sp³-hybridized carbons (Fsp3) is 1.00. The van der Waals surface area contributed by atoms with Crippen LogP contribution >= 0.6 is 0 Å². The van der Waals surface area contributed by atoms with E-state index in [1.165, 1.54) is 154 Å². The zero-order chi connectivity index (χ0) is 24.2. The van der Waals surface area contributed by atoms with Crippen LogP contribution in [0, 0.1) is 17.3 Å². The van der Waals surface area contributed by atoms with Crippen LogP contribution in [0.5, 0.6) is 0 Å². The second-order valence-corrected chi connectivity index (χ2v) is 12.5. The van der Waals surface area contributed by atoms with Gasteiger partial charge in [0.2, 0.25) is 0 Å². The second-order valence-electron chi connectivity index (χ2n) is 12.5. The van der Waals surface area contributed by atoms with E-state index in [9.17, 15) is 0 Å². The summed E-state index contributed by atoms with van der Waals surface area (Å²) >= 11 is 0. The van der Waals surface area contributed by atoms with Crippen molar-refractivity contribution in [1.29, 1.82) is 0 Å². The van der Waals surface area contributed by atoms with Crippen molar-refractivity contribution >= 4 is 0 Å². The molecule has 0 spiro atoms. The van der Waals surface area contributed by atoms with Gasteiger partial charge in [-0.05, 0) is 42.9 Å². The van der Waals surface area contributed by atoms with Crippen molar-refractivity contribution in [3.8, 4) is 0 Å². The van der Waals surface area contributed by atoms with Crippen molar-refractivity contribution in [2.45, 2.75) is 188 Å². The Kier molecular flexibility index (Phi) is 19.0. The predicted molar refractivity (Wildman–Crippen MR) is 151 cm³/mol. The van der Waals surface area contributed by atoms with E-state index in [0.29, 0.717) is 11.5 Å². The van der Waals surface area contributed by atoms with Gasteiger partial charge in [-0.1, -0.05) is 156 Å². The Morgan fingerprint density at radius 1 is 0.606 bits per heavy atom. The molecule has 0 aliphatic heterocycles. The smallest absolute Gasteiger partial charge is 0.00388 e. The Balaban J connectivity index is 1.88. The number of rotatable bonds is 25. The van der Waals surface area contributed by atoms with Crippen LogP contribution < -0.4 is 5.73 Å². The Morgan fingerprint density at radius 2 is 1.03 bits per heavy atom. The summed E-state index contributed by atoms with van der Waals surface area (Å²) in [6.45, 7) is 9.73. The Hall–Kier alpha value is -0.0400. The average molecular weight is 464 g/mol. The van der Waals surface area contributed by atoms with Crippen LogP contribution in [0.2, 0.25) is 0 Å². The quantitative estimate of drug-likeness (QED) is 0.134. The first kappa shape index (κ1) is 31.0. The lowest BCUT2D eigenvalue weighted by molar-refractivity contribution is 0.253. The van der Waals surface area contributed by atoms with E-state index < -0.39 is 0 Å². The van der Waals surface area contributed by atoms with E-state index >= 15 is 0 Å². The Labute approximate surface area is 210 Å². The molecule has 198 valence electrons. The summed E-state index contributed by atoms with van der Waals surface area (Å²) in [5.74, 6) is 2.10. The zero-order valence-electron chi connectivity index (χ0n) is 23.8. The van der Waals surface area contributed by atoms with Crippen molar-refractivity contribution in [2.75, 3.05) is 0 Å². The molecule has 33 heavy (non-hydrogen) atoms. The maximum atomic E-state index is 6.35. The van der Waals surface area contributed by atoms with Gasteiger partial charge in [0.15, 0.2) is 0 Å². The molecule has 0 heterocycles. The van der Waals surface area contributed by atoms with Crippen molar-refractivity contribution < 1.29 is 0 Å². The molecule has 3 atom stereocenters. The molecule has 1 fully saturated rings. The third-order valence-electron chi connectivity index (χ3n) is 8.68. The van der Waals surface area contributed by atoms with Crippen molar-refractivity contribution in [3.05, 3.63) is 0 Å². The van der Waals surface area contributed by atoms with Crippen LogP contribution in [0.4, 0.5) is 0 Å². The predicted octanol–water partition coefficient (Wildman–Crippen LogP) is 11.0. The van der Waals surface area contributed by atoms with Crippen LogP contribution in [0.15, 0.2) is 0 Å². The highest BCUT2D eigenvalue weighted by molar-refractivity contribution is 4.95. The van der Waals surface area contributed by atoms with Gasteiger partial charge in [-0.3, -0.25) is 0 Å². The molecule has 1 saturated carbocycles. The molecule has 1 aliphatic rings. The van der Waals surface area contributed by atoms with Crippen LogP contribution in [-0.2, 0) is 0 Å². The number of nitrogens with two attached hydrogens (primary N) is 1. The number of unbranched alkanes of at least 4 members (excludes halogenated alkanes) is 16. The minimum Gasteiger partial charge on any atom is -0.328 e. The molecular formula is C32H65N. The molecule has 0 aromatic carbocycles. The molecule has 1 unspecified atom stereocenters. The lowest BCUT2D eigenvalue weighted by atomic mass is 9.80. The van der Waals surface area contributed by atoms with E-state index in [-0.39, 0.29) is 0 Å². The van der Waals surface area contributed by atoms with Gasteiger partial charge in [0.25, 0.3) is 0 Å². The Bertz CT molecular complexity index is 415. The number of hydrogen-bond acceptors (Lipinski definition) is 1. The monoisotopic (exact) mass is 464 g/mol. The molecule has 0 aromatic rings. The van der Waals surface area contributed by atoms with E-state index in [4.69, 9.17) is 5.73 Å². The topological polar surface area (TPSA) is 26.0 Å². The van der Waals surface area contributed by atoms with Gasteiger partial charge >= 0.3 is 0 Å². The molecule has 1 rings (SSSR count). The van der Waals surface area contributed by atoms with Gasteiger partial charge in [0.1, 0.15) is 0 Å². The van der Waals surface area contributed by atoms with Gasteiger partial charge < -0.3 is 5.73 Å². The summed E-state index contributed by atoms with van der Waals surface area (Å²) in [7, 11) is 0. The van der Waals surface area contributed by atoms with Crippen LogP contribution in [0.1, 0.15) is 182 Å². The second kappa shape index (κ2) is 20.2.